The predicted octanol–water partition coefficient (Wildman–Crippen LogP) is 1.55. The molecule has 1 aromatic heterocycles. The second-order valence-corrected chi connectivity index (χ2v) is 2.43. The van der Waals surface area contributed by atoms with Crippen LogP contribution in [0.25, 0.3) is 0 Å². The van der Waals surface area contributed by atoms with Crippen molar-refractivity contribution in [1.29, 1.82) is 0 Å². The van der Waals surface area contributed by atoms with Crippen molar-refractivity contribution >= 4 is 17.4 Å². The van der Waals surface area contributed by atoms with Gasteiger partial charge in [-0.25, -0.2) is 9.55 Å². The van der Waals surface area contributed by atoms with Gasteiger partial charge in [0.1, 0.15) is 12.1 Å². The normalized spacial score (nSPS) is 10.2. The molecule has 6 heteroatoms. The number of nitro groups is 1. The summed E-state index contributed by atoms with van der Waals surface area (Å²) in [7, 11) is 0. The zero-order valence-corrected chi connectivity index (χ0v) is 7.28. The third-order valence-corrected chi connectivity index (χ3v) is 1.78. The average molecular weight is 190 g/mol. The van der Waals surface area contributed by atoms with E-state index in [-0.39, 0.29) is 11.7 Å². The number of nitrogens with zero attached hydrogens (tertiary/aromatic N) is 3. The van der Waals surface area contributed by atoms with Crippen molar-refractivity contribution in [3.63, 3.8) is 0 Å². The van der Waals surface area contributed by atoms with E-state index in [4.69, 9.17) is 11.6 Å². The van der Waals surface area contributed by atoms with Gasteiger partial charge in [0, 0.05) is 0 Å². The molecule has 0 aliphatic carbocycles. The molecule has 0 saturated heterocycles. The van der Waals surface area contributed by atoms with E-state index in [1.54, 1.807) is 0 Å². The highest BCUT2D eigenvalue weighted by Crippen LogP contribution is 2.14. The Balaban J connectivity index is 3.13. The molecule has 0 fully saturated rings. The van der Waals surface area contributed by atoms with Crippen LogP contribution in [-0.4, -0.2) is 14.5 Å². The molecule has 1 aromatic rings. The van der Waals surface area contributed by atoms with Crippen LogP contribution in [0, 0.1) is 10.1 Å². The Labute approximate surface area is 74.1 Å². The fourth-order valence-corrected chi connectivity index (χ4v) is 1.21. The molecule has 12 heavy (non-hydrogen) atoms. The predicted molar refractivity (Wildman–Crippen MR) is 44.1 cm³/mol. The smallest absolute Gasteiger partial charge is 0.342 e. The van der Waals surface area contributed by atoms with Crippen LogP contribution in [0.5, 0.6) is 0 Å². The molecule has 0 atom stereocenters. The molecular weight excluding hydrogens is 182 g/mol. The minimum atomic E-state index is -0.466. The largest absolute Gasteiger partial charge is 0.358 e. The van der Waals surface area contributed by atoms with E-state index in [9.17, 15) is 10.1 Å². The second-order valence-electron chi connectivity index (χ2n) is 2.17. The molecule has 1 heterocycles. The second kappa shape index (κ2) is 3.53. The van der Waals surface area contributed by atoms with Gasteiger partial charge in [-0.1, -0.05) is 0 Å². The van der Waals surface area contributed by atoms with Crippen molar-refractivity contribution < 1.29 is 4.92 Å². The minimum absolute atomic E-state index is 0.00634. The van der Waals surface area contributed by atoms with E-state index in [1.807, 2.05) is 6.92 Å². The van der Waals surface area contributed by atoms with Gasteiger partial charge in [0.2, 0.25) is 5.82 Å². The van der Waals surface area contributed by atoms with E-state index in [0.717, 1.165) is 0 Å². The maximum absolute atomic E-state index is 10.4. The Kier molecular flexibility index (Phi) is 2.65. The van der Waals surface area contributed by atoms with E-state index < -0.39 is 4.92 Å². The Morgan fingerprint density at radius 3 is 2.92 bits per heavy atom. The molecule has 0 radical (unpaired) electrons. The first kappa shape index (κ1) is 8.99. The van der Waals surface area contributed by atoms with Crippen LogP contribution in [0.3, 0.4) is 0 Å². The van der Waals surface area contributed by atoms with Crippen molar-refractivity contribution in [2.24, 2.45) is 0 Å². The standard InChI is InChI=1S/C6H8ClN3O2/c1-2-9-5(3-7)8-4-6(9)10(11)12/h4H,2-3H2,1H3. The summed E-state index contributed by atoms with van der Waals surface area (Å²) in [4.78, 5) is 13.8. The molecule has 66 valence electrons. The Bertz CT molecular complexity index is 297. The topological polar surface area (TPSA) is 61.0 Å². The SMILES string of the molecule is CCn1c([N+](=O)[O-])cnc1CCl. The molecular formula is C6H8ClN3O2. The van der Waals surface area contributed by atoms with Crippen LogP contribution in [0.1, 0.15) is 12.7 Å². The summed E-state index contributed by atoms with van der Waals surface area (Å²) in [5.74, 6) is 0.723. The minimum Gasteiger partial charge on any atom is -0.358 e. The number of hydrogen-bond acceptors (Lipinski definition) is 3. The molecule has 1 rings (SSSR count). The molecule has 0 aliphatic rings. The quantitative estimate of drug-likeness (QED) is 0.412. The lowest BCUT2D eigenvalue weighted by Crippen LogP contribution is -2.03. The molecule has 0 amide bonds. The fourth-order valence-electron chi connectivity index (χ4n) is 1.00. The molecule has 0 aliphatic heterocycles. The first-order valence-corrected chi connectivity index (χ1v) is 3.99. The maximum Gasteiger partial charge on any atom is 0.342 e. The van der Waals surface area contributed by atoms with Crippen LogP contribution in [-0.2, 0) is 12.4 Å². The van der Waals surface area contributed by atoms with E-state index in [0.29, 0.717) is 12.4 Å². The van der Waals surface area contributed by atoms with E-state index >= 15 is 0 Å². The number of halogens is 1. The fraction of sp³-hybridized carbons (Fsp3) is 0.500. The molecule has 0 saturated carbocycles. The lowest BCUT2D eigenvalue weighted by Gasteiger charge is -1.97. The Morgan fingerprint density at radius 2 is 2.50 bits per heavy atom. The summed E-state index contributed by atoms with van der Waals surface area (Å²) in [6.45, 7) is 2.32. The summed E-state index contributed by atoms with van der Waals surface area (Å²) in [6.07, 6.45) is 1.22. The lowest BCUT2D eigenvalue weighted by atomic mass is 10.6. The molecule has 0 aromatic carbocycles. The van der Waals surface area contributed by atoms with Gasteiger partial charge in [-0.15, -0.1) is 11.6 Å². The number of alkyl halides is 1. The molecule has 0 unspecified atom stereocenters. The van der Waals surface area contributed by atoms with Crippen molar-refractivity contribution in [3.05, 3.63) is 22.1 Å². The van der Waals surface area contributed by atoms with Crippen LogP contribution in [0.15, 0.2) is 6.20 Å². The van der Waals surface area contributed by atoms with Crippen LogP contribution < -0.4 is 0 Å². The van der Waals surface area contributed by atoms with Crippen LogP contribution >= 0.6 is 11.6 Å². The number of rotatable bonds is 3. The Morgan fingerprint density at radius 1 is 1.83 bits per heavy atom. The zero-order chi connectivity index (χ0) is 9.14. The van der Waals surface area contributed by atoms with Gasteiger partial charge in [-0.3, -0.25) is 0 Å². The first-order valence-electron chi connectivity index (χ1n) is 3.45. The van der Waals surface area contributed by atoms with Crippen molar-refractivity contribution in [1.82, 2.24) is 9.55 Å². The van der Waals surface area contributed by atoms with Crippen LogP contribution in [0.2, 0.25) is 0 Å². The van der Waals surface area contributed by atoms with Gasteiger partial charge in [0.05, 0.1) is 6.54 Å². The van der Waals surface area contributed by atoms with Gasteiger partial charge in [0.15, 0.2) is 0 Å². The monoisotopic (exact) mass is 189 g/mol. The highest BCUT2D eigenvalue weighted by Gasteiger charge is 2.16. The zero-order valence-electron chi connectivity index (χ0n) is 6.53. The van der Waals surface area contributed by atoms with Gasteiger partial charge >= 0.3 is 5.82 Å². The third-order valence-electron chi connectivity index (χ3n) is 1.54. The molecule has 0 N–H and O–H groups in total. The van der Waals surface area contributed by atoms with Crippen LogP contribution in [0.4, 0.5) is 5.82 Å². The summed E-state index contributed by atoms with van der Waals surface area (Å²) >= 11 is 5.52. The Hall–Kier alpha value is -1.10. The highest BCUT2D eigenvalue weighted by molar-refractivity contribution is 6.16. The van der Waals surface area contributed by atoms with Gasteiger partial charge in [-0.2, -0.15) is 0 Å². The summed E-state index contributed by atoms with van der Waals surface area (Å²) in [6, 6.07) is 0. The highest BCUT2D eigenvalue weighted by atomic mass is 35.5. The molecule has 0 bridgehead atoms. The third kappa shape index (κ3) is 1.40. The number of aromatic nitrogens is 2. The van der Waals surface area contributed by atoms with Crippen molar-refractivity contribution in [2.75, 3.05) is 0 Å². The maximum atomic E-state index is 10.4. The van der Waals surface area contributed by atoms with Gasteiger partial charge in [-0.05, 0) is 11.8 Å². The summed E-state index contributed by atoms with van der Waals surface area (Å²) in [5, 5.41) is 10.4. The summed E-state index contributed by atoms with van der Waals surface area (Å²) < 4.78 is 1.48. The molecule has 0 spiro atoms. The molecule has 5 nitrogen and oxygen atoms in total. The lowest BCUT2D eigenvalue weighted by molar-refractivity contribution is -0.392. The van der Waals surface area contributed by atoms with Gasteiger partial charge < -0.3 is 10.1 Å². The van der Waals surface area contributed by atoms with E-state index in [2.05, 4.69) is 4.98 Å². The van der Waals surface area contributed by atoms with E-state index in [1.165, 1.54) is 10.8 Å². The van der Waals surface area contributed by atoms with Crippen molar-refractivity contribution in [2.45, 2.75) is 19.3 Å². The number of imidazole rings is 1. The summed E-state index contributed by atoms with van der Waals surface area (Å²) in [5.41, 5.74) is 0. The average Bonchev–Trinajstić information content (AvgIpc) is 2.46. The van der Waals surface area contributed by atoms with Crippen molar-refractivity contribution in [3.8, 4) is 0 Å². The number of hydrogen-bond donors (Lipinski definition) is 0. The van der Waals surface area contributed by atoms with Gasteiger partial charge in [0.25, 0.3) is 0 Å². The first-order chi connectivity index (χ1) is 5.70.